The van der Waals surface area contributed by atoms with Crippen molar-refractivity contribution in [3.63, 3.8) is 0 Å². The van der Waals surface area contributed by atoms with Crippen LogP contribution >= 0.6 is 63.2 Å². The Bertz CT molecular complexity index is 747. The molecule has 2 aromatic rings. The Labute approximate surface area is 155 Å². The van der Waals surface area contributed by atoms with Crippen LogP contribution in [0.25, 0.3) is 0 Å². The maximum absolute atomic E-state index is 3.34. The Balaban J connectivity index is 1.62. The second kappa shape index (κ2) is 6.49. The van der Waals surface area contributed by atoms with Crippen LogP contribution in [0.2, 0.25) is 0 Å². The van der Waals surface area contributed by atoms with E-state index in [1.54, 1.807) is 0 Å². The van der Waals surface area contributed by atoms with Gasteiger partial charge >= 0.3 is 0 Å². The SMILES string of the molecule is CC(NBr)c1ccc2c(c1)SC(=C1Sc3ccccc3S1)S2. The van der Waals surface area contributed by atoms with E-state index in [1.807, 2.05) is 47.0 Å². The highest BCUT2D eigenvalue weighted by Crippen LogP contribution is 2.61. The van der Waals surface area contributed by atoms with Crippen molar-refractivity contribution in [1.82, 2.24) is 4.34 Å². The third-order valence-electron chi connectivity index (χ3n) is 3.46. The van der Waals surface area contributed by atoms with Gasteiger partial charge in [-0.25, -0.2) is 4.34 Å². The van der Waals surface area contributed by atoms with Gasteiger partial charge in [0.05, 0.1) is 8.47 Å². The van der Waals surface area contributed by atoms with Crippen LogP contribution in [-0.2, 0) is 0 Å². The van der Waals surface area contributed by atoms with Gasteiger partial charge < -0.3 is 0 Å². The van der Waals surface area contributed by atoms with E-state index in [4.69, 9.17) is 0 Å². The fraction of sp³-hybridized carbons (Fsp3) is 0.125. The Morgan fingerprint density at radius 2 is 1.36 bits per heavy atom. The number of hydrogen-bond donors (Lipinski definition) is 1. The molecule has 0 fully saturated rings. The number of rotatable bonds is 2. The molecule has 0 radical (unpaired) electrons. The van der Waals surface area contributed by atoms with Gasteiger partial charge in [0, 0.05) is 41.8 Å². The quantitative estimate of drug-likeness (QED) is 0.524. The van der Waals surface area contributed by atoms with Gasteiger partial charge in [-0.3, -0.25) is 0 Å². The van der Waals surface area contributed by atoms with Gasteiger partial charge in [-0.15, -0.1) is 0 Å². The summed E-state index contributed by atoms with van der Waals surface area (Å²) in [5, 5.41) is 0. The molecular weight excluding hydrogens is 414 g/mol. The molecule has 4 rings (SSSR count). The molecule has 1 N–H and O–H groups in total. The standard InChI is InChI=1S/C16H12BrNS4/c1-9(18-17)10-6-7-13-14(8-10)22-16(21-13)15-19-11-4-2-3-5-12(11)20-15/h2-9,18H,1H3. The zero-order valence-corrected chi connectivity index (χ0v) is 16.5. The van der Waals surface area contributed by atoms with Crippen LogP contribution in [0.1, 0.15) is 18.5 Å². The Morgan fingerprint density at radius 3 is 1.95 bits per heavy atom. The second-order valence-electron chi connectivity index (χ2n) is 4.97. The number of halogens is 1. The summed E-state index contributed by atoms with van der Waals surface area (Å²) < 4.78 is 5.96. The van der Waals surface area contributed by atoms with Gasteiger partial charge in [-0.1, -0.05) is 65.2 Å². The van der Waals surface area contributed by atoms with Crippen LogP contribution in [0.15, 0.2) is 70.5 Å². The molecule has 2 heterocycles. The maximum atomic E-state index is 3.34. The molecule has 0 aromatic heterocycles. The summed E-state index contributed by atoms with van der Waals surface area (Å²) in [6.45, 7) is 2.15. The van der Waals surface area contributed by atoms with Gasteiger partial charge in [0.25, 0.3) is 0 Å². The fourth-order valence-electron chi connectivity index (χ4n) is 2.25. The van der Waals surface area contributed by atoms with Crippen LogP contribution in [0.3, 0.4) is 0 Å². The molecule has 0 bridgehead atoms. The van der Waals surface area contributed by atoms with E-state index >= 15 is 0 Å². The summed E-state index contributed by atoms with van der Waals surface area (Å²) in [4.78, 5) is 5.50. The molecule has 1 unspecified atom stereocenters. The van der Waals surface area contributed by atoms with E-state index in [1.165, 1.54) is 33.6 Å². The van der Waals surface area contributed by atoms with Crippen molar-refractivity contribution < 1.29 is 0 Å². The van der Waals surface area contributed by atoms with E-state index in [0.29, 0.717) is 6.04 Å². The first kappa shape index (κ1) is 15.5. The van der Waals surface area contributed by atoms with Crippen molar-refractivity contribution in [2.45, 2.75) is 32.5 Å². The van der Waals surface area contributed by atoms with Crippen LogP contribution in [0.4, 0.5) is 0 Å². The smallest absolute Gasteiger partial charge is 0.0706 e. The number of hydrogen-bond acceptors (Lipinski definition) is 5. The van der Waals surface area contributed by atoms with Crippen molar-refractivity contribution in [2.24, 2.45) is 0 Å². The van der Waals surface area contributed by atoms with Crippen molar-refractivity contribution in [3.8, 4) is 0 Å². The molecule has 0 aliphatic carbocycles. The summed E-state index contributed by atoms with van der Waals surface area (Å²) in [6.07, 6.45) is 0. The molecule has 2 aliphatic heterocycles. The van der Waals surface area contributed by atoms with Gasteiger partial charge in [0.1, 0.15) is 0 Å². The number of thioether (sulfide) groups is 4. The lowest BCUT2D eigenvalue weighted by Crippen LogP contribution is -2.05. The Morgan fingerprint density at radius 1 is 0.818 bits per heavy atom. The van der Waals surface area contributed by atoms with E-state index in [-0.39, 0.29) is 0 Å². The molecule has 22 heavy (non-hydrogen) atoms. The highest BCUT2D eigenvalue weighted by Gasteiger charge is 2.27. The zero-order valence-electron chi connectivity index (χ0n) is 11.6. The monoisotopic (exact) mass is 425 g/mol. The third-order valence-corrected chi connectivity index (χ3v) is 9.76. The minimum Gasteiger partial charge on any atom is -0.249 e. The molecule has 6 heteroatoms. The molecule has 1 nitrogen and oxygen atoms in total. The predicted molar refractivity (Wildman–Crippen MR) is 104 cm³/mol. The molecule has 0 saturated heterocycles. The minimum atomic E-state index is 0.312. The zero-order chi connectivity index (χ0) is 15.1. The summed E-state index contributed by atoms with van der Waals surface area (Å²) in [5.41, 5.74) is 1.31. The molecule has 2 aromatic carbocycles. The van der Waals surface area contributed by atoms with Crippen molar-refractivity contribution >= 4 is 63.2 Å². The summed E-state index contributed by atoms with van der Waals surface area (Å²) in [5.74, 6) is 0. The first-order chi connectivity index (χ1) is 10.7. The molecule has 112 valence electrons. The molecule has 0 amide bonds. The molecule has 1 atom stereocenters. The fourth-order valence-corrected chi connectivity index (χ4v) is 7.84. The molecule has 2 aliphatic rings. The number of nitrogens with one attached hydrogen (secondary N) is 1. The average Bonchev–Trinajstić information content (AvgIpc) is 3.16. The molecule has 0 spiro atoms. The number of benzene rings is 2. The highest BCUT2D eigenvalue weighted by atomic mass is 79.9. The van der Waals surface area contributed by atoms with E-state index in [2.05, 4.69) is 69.9 Å². The van der Waals surface area contributed by atoms with Crippen molar-refractivity contribution in [1.29, 1.82) is 0 Å². The van der Waals surface area contributed by atoms with Gasteiger partial charge in [0.2, 0.25) is 0 Å². The van der Waals surface area contributed by atoms with Crippen LogP contribution in [0.5, 0.6) is 0 Å². The second-order valence-corrected chi connectivity index (χ2v) is 10.2. The maximum Gasteiger partial charge on any atom is 0.0706 e. The normalized spacial score (nSPS) is 17.5. The first-order valence-corrected chi connectivity index (χ1v) is 10.9. The lowest BCUT2D eigenvalue weighted by molar-refractivity contribution is 0.761. The highest BCUT2D eigenvalue weighted by molar-refractivity contribution is 9.08. The summed E-state index contributed by atoms with van der Waals surface area (Å²) >= 11 is 10.9. The first-order valence-electron chi connectivity index (χ1n) is 6.79. The summed E-state index contributed by atoms with van der Waals surface area (Å²) in [6, 6.07) is 15.7. The van der Waals surface area contributed by atoms with Crippen molar-refractivity contribution in [2.75, 3.05) is 0 Å². The van der Waals surface area contributed by atoms with Gasteiger partial charge in [-0.2, -0.15) is 0 Å². The predicted octanol–water partition coefficient (Wildman–Crippen LogP) is 6.87. The Kier molecular flexibility index (Phi) is 4.59. The molecular formula is C16H12BrNS4. The summed E-state index contributed by atoms with van der Waals surface area (Å²) in [7, 11) is 0. The third kappa shape index (κ3) is 2.89. The minimum absolute atomic E-state index is 0.312. The van der Waals surface area contributed by atoms with Crippen LogP contribution < -0.4 is 4.34 Å². The van der Waals surface area contributed by atoms with Crippen molar-refractivity contribution in [3.05, 3.63) is 56.5 Å². The van der Waals surface area contributed by atoms with E-state index < -0.39 is 0 Å². The van der Waals surface area contributed by atoms with E-state index in [0.717, 1.165) is 0 Å². The average molecular weight is 426 g/mol. The number of fused-ring (bicyclic) bond motifs is 2. The van der Waals surface area contributed by atoms with Crippen LogP contribution in [0, 0.1) is 0 Å². The lowest BCUT2D eigenvalue weighted by Gasteiger charge is -2.09. The van der Waals surface area contributed by atoms with E-state index in [9.17, 15) is 0 Å². The largest absolute Gasteiger partial charge is 0.249 e. The molecule has 0 saturated carbocycles. The van der Waals surface area contributed by atoms with Gasteiger partial charge in [0.15, 0.2) is 0 Å². The topological polar surface area (TPSA) is 12.0 Å². The van der Waals surface area contributed by atoms with Gasteiger partial charge in [-0.05, 0) is 36.8 Å². The lowest BCUT2D eigenvalue weighted by atomic mass is 10.1. The Hall–Kier alpha value is 0.0200. The van der Waals surface area contributed by atoms with Crippen LogP contribution in [-0.4, -0.2) is 0 Å².